The summed E-state index contributed by atoms with van der Waals surface area (Å²) in [5, 5.41) is 9.98. The van der Waals surface area contributed by atoms with Gasteiger partial charge < -0.3 is 10.8 Å². The number of aliphatic hydroxyl groups excluding tert-OH is 1. The average Bonchev–Trinajstić information content (AvgIpc) is 2.33. The van der Waals surface area contributed by atoms with Gasteiger partial charge in [-0.1, -0.05) is 6.07 Å². The van der Waals surface area contributed by atoms with E-state index in [-0.39, 0.29) is 0 Å². The highest BCUT2D eigenvalue weighted by atomic mass is 16.3. The Kier molecular flexibility index (Phi) is 3.30. The fourth-order valence-corrected chi connectivity index (χ4v) is 1.50. The van der Waals surface area contributed by atoms with E-state index in [0.29, 0.717) is 18.1 Å². The molecule has 1 atom stereocenters. The van der Waals surface area contributed by atoms with Crippen LogP contribution in [0, 0.1) is 6.92 Å². The van der Waals surface area contributed by atoms with Crippen molar-refractivity contribution in [3.63, 3.8) is 0 Å². The Hall–Kier alpha value is -2.01. The lowest BCUT2D eigenvalue weighted by Gasteiger charge is -2.10. The van der Waals surface area contributed by atoms with Crippen molar-refractivity contribution in [3.05, 3.63) is 47.7 Å². The molecule has 0 aliphatic rings. The molecule has 2 aromatic heterocycles. The summed E-state index contributed by atoms with van der Waals surface area (Å²) < 4.78 is 0. The first kappa shape index (κ1) is 11.5. The van der Waals surface area contributed by atoms with Crippen LogP contribution in [-0.4, -0.2) is 20.1 Å². The van der Waals surface area contributed by atoms with Gasteiger partial charge >= 0.3 is 0 Å². The molecule has 0 saturated carbocycles. The third-order valence-electron chi connectivity index (χ3n) is 2.44. The molecule has 88 valence electrons. The Bertz CT molecular complexity index is 498. The number of nitrogens with zero attached hydrogens (tertiary/aromatic N) is 3. The van der Waals surface area contributed by atoms with E-state index in [1.54, 1.807) is 24.7 Å². The highest BCUT2D eigenvalue weighted by Crippen LogP contribution is 2.17. The summed E-state index contributed by atoms with van der Waals surface area (Å²) in [6.45, 7) is 1.90. The van der Waals surface area contributed by atoms with Gasteiger partial charge in [-0.2, -0.15) is 0 Å². The maximum Gasteiger partial charge on any atom is 0.157 e. The van der Waals surface area contributed by atoms with Gasteiger partial charge in [0.15, 0.2) is 5.82 Å². The summed E-state index contributed by atoms with van der Waals surface area (Å²) in [5.74, 6) is 0.831. The largest absolute Gasteiger partial charge is 0.385 e. The number of rotatable bonds is 3. The molecular weight excluding hydrogens is 216 g/mol. The zero-order valence-electron chi connectivity index (χ0n) is 9.54. The first-order chi connectivity index (χ1) is 8.16. The minimum atomic E-state index is -0.762. The molecule has 2 rings (SSSR count). The van der Waals surface area contributed by atoms with Crippen molar-refractivity contribution < 1.29 is 5.11 Å². The van der Waals surface area contributed by atoms with Crippen LogP contribution < -0.4 is 5.73 Å². The summed E-state index contributed by atoms with van der Waals surface area (Å²) in [5.41, 5.74) is 7.46. The van der Waals surface area contributed by atoms with Gasteiger partial charge in [0.25, 0.3) is 0 Å². The molecule has 1 unspecified atom stereocenters. The second-order valence-electron chi connectivity index (χ2n) is 3.89. The van der Waals surface area contributed by atoms with Gasteiger partial charge in [0.05, 0.1) is 0 Å². The van der Waals surface area contributed by atoms with E-state index in [2.05, 4.69) is 15.0 Å². The van der Waals surface area contributed by atoms with Crippen LogP contribution in [0.25, 0.3) is 0 Å². The summed E-state index contributed by atoms with van der Waals surface area (Å²) >= 11 is 0. The van der Waals surface area contributed by atoms with Gasteiger partial charge in [-0.05, 0) is 24.1 Å². The summed E-state index contributed by atoms with van der Waals surface area (Å²) in [7, 11) is 0. The SMILES string of the molecule is Cc1cnc(C(O)Cc2cccnc2N)nc1. The maximum absolute atomic E-state index is 9.98. The summed E-state index contributed by atoms with van der Waals surface area (Å²) in [6, 6.07) is 3.62. The molecule has 0 bridgehead atoms. The topological polar surface area (TPSA) is 84.9 Å². The Balaban J connectivity index is 2.14. The quantitative estimate of drug-likeness (QED) is 0.822. The number of nitrogens with two attached hydrogens (primary N) is 1. The third kappa shape index (κ3) is 2.76. The fourth-order valence-electron chi connectivity index (χ4n) is 1.50. The lowest BCUT2D eigenvalue weighted by Crippen LogP contribution is -2.08. The van der Waals surface area contributed by atoms with Gasteiger partial charge in [0, 0.05) is 25.0 Å². The second kappa shape index (κ2) is 4.88. The molecule has 0 aromatic carbocycles. The molecule has 2 heterocycles. The molecule has 0 amide bonds. The lowest BCUT2D eigenvalue weighted by atomic mass is 10.1. The predicted molar refractivity (Wildman–Crippen MR) is 64.1 cm³/mol. The van der Waals surface area contributed by atoms with Crippen LogP contribution in [0.4, 0.5) is 5.82 Å². The van der Waals surface area contributed by atoms with Gasteiger partial charge in [0.2, 0.25) is 0 Å². The second-order valence-corrected chi connectivity index (χ2v) is 3.89. The summed E-state index contributed by atoms with van der Waals surface area (Å²) in [4.78, 5) is 12.1. The molecule has 17 heavy (non-hydrogen) atoms. The lowest BCUT2D eigenvalue weighted by molar-refractivity contribution is 0.168. The van der Waals surface area contributed by atoms with E-state index in [1.807, 2.05) is 13.0 Å². The number of anilines is 1. The Morgan fingerprint density at radius 1 is 1.29 bits per heavy atom. The standard InChI is InChI=1S/C12H14N4O/c1-8-6-15-12(16-7-8)10(17)5-9-3-2-4-14-11(9)13/h2-4,6-7,10,17H,5H2,1H3,(H2,13,14). The zero-order chi connectivity index (χ0) is 12.3. The monoisotopic (exact) mass is 230 g/mol. The van der Waals surface area contributed by atoms with Crippen LogP contribution in [0.5, 0.6) is 0 Å². The van der Waals surface area contributed by atoms with Crippen LogP contribution >= 0.6 is 0 Å². The molecule has 0 saturated heterocycles. The van der Waals surface area contributed by atoms with Crippen molar-refractivity contribution >= 4 is 5.82 Å². The Morgan fingerprint density at radius 2 is 2.00 bits per heavy atom. The fraction of sp³-hybridized carbons (Fsp3) is 0.250. The van der Waals surface area contributed by atoms with Gasteiger partial charge in [-0.15, -0.1) is 0 Å². The normalized spacial score (nSPS) is 12.4. The molecule has 5 heteroatoms. The summed E-state index contributed by atoms with van der Waals surface area (Å²) in [6.07, 6.45) is 4.58. The van der Waals surface area contributed by atoms with Gasteiger partial charge in [-0.3, -0.25) is 0 Å². The number of aliphatic hydroxyl groups is 1. The molecule has 0 aliphatic carbocycles. The number of nitrogen functional groups attached to an aromatic ring is 1. The van der Waals surface area contributed by atoms with Crippen LogP contribution in [0.3, 0.4) is 0 Å². The number of hydrogen-bond acceptors (Lipinski definition) is 5. The molecule has 0 radical (unpaired) electrons. The van der Waals surface area contributed by atoms with E-state index >= 15 is 0 Å². The molecule has 0 aliphatic heterocycles. The third-order valence-corrected chi connectivity index (χ3v) is 2.44. The Morgan fingerprint density at radius 3 is 2.65 bits per heavy atom. The first-order valence-corrected chi connectivity index (χ1v) is 5.33. The van der Waals surface area contributed by atoms with E-state index in [9.17, 15) is 5.11 Å². The first-order valence-electron chi connectivity index (χ1n) is 5.33. The van der Waals surface area contributed by atoms with Crippen molar-refractivity contribution in [1.82, 2.24) is 15.0 Å². The van der Waals surface area contributed by atoms with E-state index in [0.717, 1.165) is 11.1 Å². The van der Waals surface area contributed by atoms with E-state index in [1.165, 1.54) is 0 Å². The van der Waals surface area contributed by atoms with Crippen molar-refractivity contribution in [2.75, 3.05) is 5.73 Å². The van der Waals surface area contributed by atoms with Gasteiger partial charge in [-0.25, -0.2) is 15.0 Å². The van der Waals surface area contributed by atoms with Crippen molar-refractivity contribution in [2.45, 2.75) is 19.4 Å². The minimum Gasteiger partial charge on any atom is -0.385 e. The smallest absolute Gasteiger partial charge is 0.157 e. The molecule has 3 N–H and O–H groups in total. The predicted octanol–water partition coefficient (Wildman–Crippen LogP) is 1.04. The Labute approximate surface area is 99.4 Å². The number of hydrogen-bond donors (Lipinski definition) is 2. The van der Waals surface area contributed by atoms with Crippen LogP contribution in [0.1, 0.15) is 23.1 Å². The van der Waals surface area contributed by atoms with Crippen LogP contribution in [0.15, 0.2) is 30.7 Å². The van der Waals surface area contributed by atoms with Crippen molar-refractivity contribution in [2.24, 2.45) is 0 Å². The molecule has 5 nitrogen and oxygen atoms in total. The zero-order valence-corrected chi connectivity index (χ0v) is 9.54. The number of aryl methyl sites for hydroxylation is 1. The average molecular weight is 230 g/mol. The minimum absolute atomic E-state index is 0.364. The highest BCUT2D eigenvalue weighted by molar-refractivity contribution is 5.38. The number of pyridine rings is 1. The highest BCUT2D eigenvalue weighted by Gasteiger charge is 2.13. The molecule has 0 fully saturated rings. The molecule has 0 spiro atoms. The van der Waals surface area contributed by atoms with E-state index in [4.69, 9.17) is 5.73 Å². The molecule has 2 aromatic rings. The van der Waals surface area contributed by atoms with E-state index < -0.39 is 6.10 Å². The van der Waals surface area contributed by atoms with Crippen LogP contribution in [0.2, 0.25) is 0 Å². The molecular formula is C12H14N4O. The van der Waals surface area contributed by atoms with Crippen molar-refractivity contribution in [1.29, 1.82) is 0 Å². The number of aromatic nitrogens is 3. The maximum atomic E-state index is 9.98. The van der Waals surface area contributed by atoms with Crippen molar-refractivity contribution in [3.8, 4) is 0 Å². The van der Waals surface area contributed by atoms with Crippen LogP contribution in [-0.2, 0) is 6.42 Å². The van der Waals surface area contributed by atoms with Gasteiger partial charge in [0.1, 0.15) is 11.9 Å².